The van der Waals surface area contributed by atoms with E-state index in [-0.39, 0.29) is 11.7 Å². The number of nitrogens with one attached hydrogen (secondary N) is 1. The minimum atomic E-state index is -3.12. The Bertz CT molecular complexity index is 703. The van der Waals surface area contributed by atoms with Gasteiger partial charge < -0.3 is 14.0 Å². The largest absolute Gasteiger partial charge is 0.331 e. The van der Waals surface area contributed by atoms with Crippen molar-refractivity contribution in [3.05, 3.63) is 40.4 Å². The number of rotatable bonds is 7. The van der Waals surface area contributed by atoms with E-state index in [4.69, 9.17) is 9.05 Å². The number of H-pyrrole nitrogens is 1. The molecule has 0 aliphatic rings. The first-order chi connectivity index (χ1) is 10.1. The van der Waals surface area contributed by atoms with Crippen LogP contribution in [0.15, 0.2) is 29.1 Å². The second-order valence-electron chi connectivity index (χ2n) is 4.45. The number of hydrogen-bond acceptors (Lipinski definition) is 5. The summed E-state index contributed by atoms with van der Waals surface area (Å²) >= 11 is 0. The molecule has 0 aliphatic heterocycles. The topological polar surface area (TPSA) is 81.3 Å². The van der Waals surface area contributed by atoms with E-state index in [2.05, 4.69) is 9.97 Å². The Kier molecular flexibility index (Phi) is 5.28. The molecule has 0 fully saturated rings. The Morgan fingerprint density at radius 2 is 1.86 bits per heavy atom. The second-order valence-corrected chi connectivity index (χ2v) is 6.64. The molecule has 0 unspecified atom stereocenters. The molecule has 21 heavy (non-hydrogen) atoms. The first-order valence-corrected chi connectivity index (χ1v) is 8.67. The number of aryl methyl sites for hydroxylation is 1. The standard InChI is InChI=1S/C14H19N2O4P/c1-3-19-21(18,20-4-2)10-9-13-15-12-8-6-5-7-11(12)14(17)16-13/h5-8H,3-4,9-10H2,1-2H3,(H,15,16,17). The van der Waals surface area contributed by atoms with Crippen LogP contribution in [0.5, 0.6) is 0 Å². The van der Waals surface area contributed by atoms with Crippen LogP contribution in [0.25, 0.3) is 10.9 Å². The van der Waals surface area contributed by atoms with E-state index in [1.54, 1.807) is 32.0 Å². The summed E-state index contributed by atoms with van der Waals surface area (Å²) in [4.78, 5) is 19.0. The molecule has 1 heterocycles. The van der Waals surface area contributed by atoms with Crippen LogP contribution in [0.1, 0.15) is 19.7 Å². The third kappa shape index (κ3) is 4.00. The summed E-state index contributed by atoms with van der Waals surface area (Å²) in [5.74, 6) is 0.485. The van der Waals surface area contributed by atoms with Gasteiger partial charge in [0.25, 0.3) is 5.56 Å². The highest BCUT2D eigenvalue weighted by atomic mass is 31.2. The van der Waals surface area contributed by atoms with Crippen molar-refractivity contribution in [2.24, 2.45) is 0 Å². The fraction of sp³-hybridized carbons (Fsp3) is 0.429. The highest BCUT2D eigenvalue weighted by Gasteiger charge is 2.23. The highest BCUT2D eigenvalue weighted by Crippen LogP contribution is 2.48. The zero-order chi connectivity index (χ0) is 15.3. The van der Waals surface area contributed by atoms with Gasteiger partial charge in [-0.05, 0) is 26.0 Å². The maximum absolute atomic E-state index is 12.4. The molecule has 114 valence electrons. The molecule has 0 amide bonds. The van der Waals surface area contributed by atoms with Gasteiger partial charge in [-0.25, -0.2) is 4.98 Å². The van der Waals surface area contributed by atoms with Crippen molar-refractivity contribution in [3.63, 3.8) is 0 Å². The van der Waals surface area contributed by atoms with Crippen LogP contribution in [-0.2, 0) is 20.0 Å². The summed E-state index contributed by atoms with van der Waals surface area (Å²) in [5, 5.41) is 0.541. The molecule has 1 N–H and O–H groups in total. The monoisotopic (exact) mass is 310 g/mol. The van der Waals surface area contributed by atoms with E-state index < -0.39 is 7.60 Å². The predicted molar refractivity (Wildman–Crippen MR) is 81.8 cm³/mol. The van der Waals surface area contributed by atoms with Crippen molar-refractivity contribution >= 4 is 18.5 Å². The molecule has 0 bridgehead atoms. The number of aromatic nitrogens is 2. The van der Waals surface area contributed by atoms with E-state index in [0.717, 1.165) is 0 Å². The molecule has 2 rings (SSSR count). The quantitative estimate of drug-likeness (QED) is 0.795. The van der Waals surface area contributed by atoms with Crippen molar-refractivity contribution in [2.45, 2.75) is 20.3 Å². The molecule has 1 aromatic heterocycles. The third-order valence-corrected chi connectivity index (χ3v) is 5.01. The number of nitrogens with zero attached hydrogens (tertiary/aromatic N) is 1. The van der Waals surface area contributed by atoms with Gasteiger partial charge in [0.1, 0.15) is 5.82 Å². The maximum Gasteiger partial charge on any atom is 0.331 e. The fourth-order valence-corrected chi connectivity index (χ4v) is 3.66. The molecule has 0 aliphatic carbocycles. The van der Waals surface area contributed by atoms with Gasteiger partial charge in [0.05, 0.1) is 30.3 Å². The Hall–Kier alpha value is -1.49. The molecule has 0 radical (unpaired) electrons. The van der Waals surface area contributed by atoms with Crippen LogP contribution in [-0.4, -0.2) is 29.3 Å². The van der Waals surface area contributed by atoms with Gasteiger partial charge >= 0.3 is 7.60 Å². The molecule has 0 saturated heterocycles. The minimum absolute atomic E-state index is 0.190. The number of hydrogen-bond donors (Lipinski definition) is 1. The van der Waals surface area contributed by atoms with E-state index in [1.807, 2.05) is 6.07 Å². The summed E-state index contributed by atoms with van der Waals surface area (Å²) in [6.07, 6.45) is 0.521. The molecule has 1 aromatic carbocycles. The fourth-order valence-electron chi connectivity index (χ4n) is 2.06. The van der Waals surface area contributed by atoms with Gasteiger partial charge in [-0.1, -0.05) is 12.1 Å². The summed E-state index contributed by atoms with van der Waals surface area (Å²) in [7, 11) is -3.12. The van der Waals surface area contributed by atoms with Gasteiger partial charge in [0, 0.05) is 6.42 Å². The van der Waals surface area contributed by atoms with Gasteiger partial charge in [-0.2, -0.15) is 0 Å². The van der Waals surface area contributed by atoms with Crippen LogP contribution in [0, 0.1) is 0 Å². The van der Waals surface area contributed by atoms with Crippen molar-refractivity contribution < 1.29 is 13.6 Å². The molecule has 0 saturated carbocycles. The highest BCUT2D eigenvalue weighted by molar-refractivity contribution is 7.53. The number of para-hydroxylation sites is 1. The van der Waals surface area contributed by atoms with Crippen molar-refractivity contribution in [1.29, 1.82) is 0 Å². The lowest BCUT2D eigenvalue weighted by molar-refractivity contribution is 0.220. The zero-order valence-electron chi connectivity index (χ0n) is 12.2. The maximum atomic E-state index is 12.4. The van der Waals surface area contributed by atoms with Crippen LogP contribution in [0.2, 0.25) is 0 Å². The Balaban J connectivity index is 2.20. The lowest BCUT2D eigenvalue weighted by Crippen LogP contribution is -2.13. The molecule has 2 aromatic rings. The van der Waals surface area contributed by atoms with Crippen molar-refractivity contribution in [3.8, 4) is 0 Å². The Morgan fingerprint density at radius 3 is 2.52 bits per heavy atom. The van der Waals surface area contributed by atoms with E-state index in [0.29, 0.717) is 36.4 Å². The summed E-state index contributed by atoms with van der Waals surface area (Å²) in [6, 6.07) is 7.11. The molecular weight excluding hydrogens is 291 g/mol. The van der Waals surface area contributed by atoms with Gasteiger partial charge in [0.15, 0.2) is 0 Å². The van der Waals surface area contributed by atoms with E-state index in [9.17, 15) is 9.36 Å². The molecule has 7 heteroatoms. The van der Waals surface area contributed by atoms with Crippen LogP contribution >= 0.6 is 7.60 Å². The summed E-state index contributed by atoms with van der Waals surface area (Å²) in [6.45, 7) is 4.17. The average Bonchev–Trinajstić information content (AvgIpc) is 2.46. The van der Waals surface area contributed by atoms with E-state index in [1.165, 1.54) is 0 Å². The summed E-state index contributed by atoms with van der Waals surface area (Å²) < 4.78 is 22.8. The number of aromatic amines is 1. The first-order valence-electron chi connectivity index (χ1n) is 6.94. The second kappa shape index (κ2) is 6.98. The van der Waals surface area contributed by atoms with Gasteiger partial charge in [-0.15, -0.1) is 0 Å². The SMILES string of the molecule is CCOP(=O)(CCc1nc2ccccc2c(=O)[nH]1)OCC. The van der Waals surface area contributed by atoms with Crippen LogP contribution < -0.4 is 5.56 Å². The smallest absolute Gasteiger partial charge is 0.310 e. The number of fused-ring (bicyclic) bond motifs is 1. The van der Waals surface area contributed by atoms with E-state index >= 15 is 0 Å². The predicted octanol–water partition coefficient (Wildman–Crippen LogP) is 2.73. The van der Waals surface area contributed by atoms with Crippen molar-refractivity contribution in [1.82, 2.24) is 9.97 Å². The van der Waals surface area contributed by atoms with Gasteiger partial charge in [0.2, 0.25) is 0 Å². The molecule has 0 spiro atoms. The summed E-state index contributed by atoms with van der Waals surface area (Å²) in [5.41, 5.74) is 0.428. The average molecular weight is 310 g/mol. The minimum Gasteiger partial charge on any atom is -0.310 e. The normalized spacial score (nSPS) is 11.9. The molecule has 0 atom stereocenters. The lowest BCUT2D eigenvalue weighted by Gasteiger charge is -2.16. The molecular formula is C14H19N2O4P. The van der Waals surface area contributed by atoms with Crippen LogP contribution in [0.4, 0.5) is 0 Å². The Labute approximate surface area is 123 Å². The lowest BCUT2D eigenvalue weighted by atomic mass is 10.2. The Morgan fingerprint density at radius 1 is 1.19 bits per heavy atom. The number of benzene rings is 1. The van der Waals surface area contributed by atoms with Crippen LogP contribution in [0.3, 0.4) is 0 Å². The molecule has 6 nitrogen and oxygen atoms in total. The van der Waals surface area contributed by atoms with Gasteiger partial charge in [-0.3, -0.25) is 9.36 Å². The zero-order valence-corrected chi connectivity index (χ0v) is 13.1. The first kappa shape index (κ1) is 15.9. The van der Waals surface area contributed by atoms with Crippen molar-refractivity contribution in [2.75, 3.05) is 19.4 Å². The third-order valence-electron chi connectivity index (χ3n) is 2.94.